The first-order chi connectivity index (χ1) is 7.54. The number of hydrogen-bond acceptors (Lipinski definition) is 1. The van der Waals surface area contributed by atoms with Crippen molar-refractivity contribution in [3.8, 4) is 0 Å². The molecule has 1 nitrogen and oxygen atoms in total. The zero-order valence-electron chi connectivity index (χ0n) is 9.71. The van der Waals surface area contributed by atoms with Crippen molar-refractivity contribution in [2.75, 3.05) is 6.61 Å². The topological polar surface area (TPSA) is 20.2 Å². The van der Waals surface area contributed by atoms with Crippen molar-refractivity contribution in [2.24, 2.45) is 11.8 Å². The highest BCUT2D eigenvalue weighted by Gasteiger charge is 2.13. The van der Waals surface area contributed by atoms with Gasteiger partial charge in [0.1, 0.15) is 5.82 Å². The van der Waals surface area contributed by atoms with E-state index < -0.39 is 0 Å². The minimum absolute atomic E-state index is 0.154. The van der Waals surface area contributed by atoms with Crippen molar-refractivity contribution in [1.82, 2.24) is 0 Å². The van der Waals surface area contributed by atoms with Crippen LogP contribution in [0.5, 0.6) is 0 Å². The summed E-state index contributed by atoms with van der Waals surface area (Å²) in [4.78, 5) is 0. The molecule has 0 amide bonds. The second kappa shape index (κ2) is 6.36. The van der Waals surface area contributed by atoms with Gasteiger partial charge in [0.25, 0.3) is 0 Å². The third-order valence-electron chi connectivity index (χ3n) is 2.60. The third kappa shape index (κ3) is 3.87. The summed E-state index contributed by atoms with van der Waals surface area (Å²) in [6.45, 7) is 4.41. The van der Waals surface area contributed by atoms with E-state index in [1.807, 2.05) is 6.07 Å². The van der Waals surface area contributed by atoms with E-state index in [1.165, 1.54) is 6.07 Å². The monoisotopic (exact) mass is 288 g/mol. The largest absolute Gasteiger partial charge is 0.396 e. The van der Waals surface area contributed by atoms with Crippen molar-refractivity contribution in [3.63, 3.8) is 0 Å². The van der Waals surface area contributed by atoms with Crippen LogP contribution in [-0.4, -0.2) is 11.7 Å². The lowest BCUT2D eigenvalue weighted by Gasteiger charge is -2.17. The molecule has 0 saturated heterocycles. The highest BCUT2D eigenvalue weighted by molar-refractivity contribution is 9.10. The molecule has 0 aromatic heterocycles. The molecule has 0 saturated carbocycles. The smallest absolute Gasteiger partial charge is 0.137 e. The lowest BCUT2D eigenvalue weighted by atomic mass is 9.91. The van der Waals surface area contributed by atoms with Gasteiger partial charge in [-0.2, -0.15) is 0 Å². The van der Waals surface area contributed by atoms with Gasteiger partial charge in [-0.1, -0.05) is 26.0 Å². The van der Waals surface area contributed by atoms with Crippen molar-refractivity contribution >= 4 is 15.9 Å². The molecule has 1 N–H and O–H groups in total. The lowest BCUT2D eigenvalue weighted by Crippen LogP contribution is -2.13. The molecule has 0 fully saturated rings. The molecule has 0 heterocycles. The van der Waals surface area contributed by atoms with Gasteiger partial charge in [-0.25, -0.2) is 4.39 Å². The SMILES string of the molecule is CC(C)CC(CO)Cc1cccc(F)c1Br. The number of aliphatic hydroxyl groups is 1. The van der Waals surface area contributed by atoms with Gasteiger partial charge >= 0.3 is 0 Å². The molecule has 0 aliphatic rings. The Hall–Kier alpha value is -0.410. The molecule has 1 aromatic carbocycles. The van der Waals surface area contributed by atoms with E-state index >= 15 is 0 Å². The quantitative estimate of drug-likeness (QED) is 0.874. The predicted molar refractivity (Wildman–Crippen MR) is 67.8 cm³/mol. The lowest BCUT2D eigenvalue weighted by molar-refractivity contribution is 0.205. The standard InChI is InChI=1S/C13H18BrFO/c1-9(2)6-10(8-16)7-11-4-3-5-12(15)13(11)14/h3-5,9-10,16H,6-8H2,1-2H3. The molecule has 0 bridgehead atoms. The van der Waals surface area contributed by atoms with Gasteiger partial charge in [-0.3, -0.25) is 0 Å². The van der Waals surface area contributed by atoms with Crippen LogP contribution in [0.4, 0.5) is 4.39 Å². The van der Waals surface area contributed by atoms with Crippen molar-refractivity contribution in [1.29, 1.82) is 0 Å². The van der Waals surface area contributed by atoms with E-state index in [2.05, 4.69) is 29.8 Å². The number of hydrogen-bond donors (Lipinski definition) is 1. The van der Waals surface area contributed by atoms with Crippen LogP contribution in [0.25, 0.3) is 0 Å². The van der Waals surface area contributed by atoms with Crippen LogP contribution in [0.3, 0.4) is 0 Å². The van der Waals surface area contributed by atoms with Crippen LogP contribution in [0.1, 0.15) is 25.8 Å². The Morgan fingerprint density at radius 2 is 2.06 bits per heavy atom. The average Bonchev–Trinajstić information content (AvgIpc) is 2.23. The van der Waals surface area contributed by atoms with E-state index in [1.54, 1.807) is 6.07 Å². The zero-order valence-corrected chi connectivity index (χ0v) is 11.3. The molecule has 3 heteroatoms. The van der Waals surface area contributed by atoms with Crippen molar-refractivity contribution in [2.45, 2.75) is 26.7 Å². The average molecular weight is 289 g/mol. The molecule has 0 aliphatic carbocycles. The van der Waals surface area contributed by atoms with Crippen LogP contribution < -0.4 is 0 Å². The van der Waals surface area contributed by atoms with Gasteiger partial charge in [0.15, 0.2) is 0 Å². The van der Waals surface area contributed by atoms with Crippen LogP contribution in [0.2, 0.25) is 0 Å². The minimum atomic E-state index is -0.237. The molecule has 1 unspecified atom stereocenters. The summed E-state index contributed by atoms with van der Waals surface area (Å²) in [5.41, 5.74) is 0.930. The van der Waals surface area contributed by atoms with Gasteiger partial charge in [0, 0.05) is 6.61 Å². The van der Waals surface area contributed by atoms with E-state index in [0.29, 0.717) is 16.8 Å². The molecular weight excluding hydrogens is 271 g/mol. The summed E-state index contributed by atoms with van der Waals surface area (Å²) in [6.07, 6.45) is 1.67. The fourth-order valence-corrected chi connectivity index (χ4v) is 2.33. The molecule has 0 spiro atoms. The number of rotatable bonds is 5. The second-order valence-corrected chi connectivity index (χ2v) is 5.39. The predicted octanol–water partition coefficient (Wildman–Crippen LogP) is 3.79. The summed E-state index contributed by atoms with van der Waals surface area (Å²) in [7, 11) is 0. The molecule has 0 radical (unpaired) electrons. The highest BCUT2D eigenvalue weighted by atomic mass is 79.9. The van der Waals surface area contributed by atoms with Gasteiger partial charge in [0.2, 0.25) is 0 Å². The molecule has 1 aromatic rings. The molecule has 1 atom stereocenters. The molecule has 1 rings (SSSR count). The fourth-order valence-electron chi connectivity index (χ4n) is 1.91. The van der Waals surface area contributed by atoms with Gasteiger partial charge in [-0.15, -0.1) is 0 Å². The maximum Gasteiger partial charge on any atom is 0.137 e. The fraction of sp³-hybridized carbons (Fsp3) is 0.538. The molecule has 0 aliphatic heterocycles. The van der Waals surface area contributed by atoms with Crippen LogP contribution in [0, 0.1) is 17.7 Å². The number of benzene rings is 1. The third-order valence-corrected chi connectivity index (χ3v) is 3.49. The number of halogens is 2. The highest BCUT2D eigenvalue weighted by Crippen LogP contribution is 2.25. The Balaban J connectivity index is 2.74. The summed E-state index contributed by atoms with van der Waals surface area (Å²) in [6, 6.07) is 5.04. The van der Waals surface area contributed by atoms with E-state index in [0.717, 1.165) is 12.0 Å². The Morgan fingerprint density at radius 1 is 1.38 bits per heavy atom. The number of aliphatic hydroxyl groups excluding tert-OH is 1. The summed E-state index contributed by atoms with van der Waals surface area (Å²) in [5, 5.41) is 9.29. The first-order valence-electron chi connectivity index (χ1n) is 5.58. The normalized spacial score (nSPS) is 13.1. The molecular formula is C13H18BrFO. The Labute approximate surface area is 105 Å². The van der Waals surface area contributed by atoms with E-state index in [-0.39, 0.29) is 18.3 Å². The van der Waals surface area contributed by atoms with Crippen LogP contribution >= 0.6 is 15.9 Å². The van der Waals surface area contributed by atoms with E-state index in [9.17, 15) is 9.50 Å². The molecule has 90 valence electrons. The van der Waals surface area contributed by atoms with Crippen LogP contribution in [0.15, 0.2) is 22.7 Å². The Bertz CT molecular complexity index is 339. The summed E-state index contributed by atoms with van der Waals surface area (Å²) >= 11 is 3.25. The van der Waals surface area contributed by atoms with Crippen LogP contribution in [-0.2, 0) is 6.42 Å². The first-order valence-corrected chi connectivity index (χ1v) is 6.37. The maximum absolute atomic E-state index is 13.3. The Morgan fingerprint density at radius 3 is 2.62 bits per heavy atom. The summed E-state index contributed by atoms with van der Waals surface area (Å²) < 4.78 is 13.8. The van der Waals surface area contributed by atoms with Gasteiger partial charge in [-0.05, 0) is 52.2 Å². The minimum Gasteiger partial charge on any atom is -0.396 e. The van der Waals surface area contributed by atoms with Gasteiger partial charge < -0.3 is 5.11 Å². The first kappa shape index (κ1) is 13.7. The van der Waals surface area contributed by atoms with Crippen molar-refractivity contribution < 1.29 is 9.50 Å². The molecule has 16 heavy (non-hydrogen) atoms. The zero-order chi connectivity index (χ0) is 12.1. The van der Waals surface area contributed by atoms with Gasteiger partial charge in [0.05, 0.1) is 4.47 Å². The maximum atomic E-state index is 13.3. The van der Waals surface area contributed by atoms with E-state index in [4.69, 9.17) is 0 Å². The second-order valence-electron chi connectivity index (χ2n) is 4.60. The summed E-state index contributed by atoms with van der Waals surface area (Å²) in [5.74, 6) is 0.515. The Kier molecular flexibility index (Phi) is 5.42. The van der Waals surface area contributed by atoms with Crippen molar-refractivity contribution in [3.05, 3.63) is 34.1 Å².